The van der Waals surface area contributed by atoms with Crippen molar-refractivity contribution in [1.29, 1.82) is 0 Å². The van der Waals surface area contributed by atoms with Crippen LogP contribution in [-0.4, -0.2) is 63.6 Å². The molecule has 7 N–H and O–H groups in total. The summed E-state index contributed by atoms with van der Waals surface area (Å²) in [7, 11) is 0. The van der Waals surface area contributed by atoms with Gasteiger partial charge >= 0.3 is 0 Å². The first kappa shape index (κ1) is 38.9. The SMILES string of the molecule is CC[C@H](C)[C@H](NC(=O)[C@H](CC(C)C)NC(=O)C1(NC(=O)CCSCc2cccc(CSCCC(N)=O)n2)Cc2ccccc2C1)C(N)=O. The van der Waals surface area contributed by atoms with Crippen molar-refractivity contribution in [2.45, 2.75) is 95.3 Å². The summed E-state index contributed by atoms with van der Waals surface area (Å²) >= 11 is 3.18. The Morgan fingerprint density at radius 1 is 0.854 bits per heavy atom. The van der Waals surface area contributed by atoms with Gasteiger partial charge in [-0.3, -0.25) is 29.0 Å². The second-order valence-corrected chi connectivity index (χ2v) is 15.1. The van der Waals surface area contributed by atoms with Gasteiger partial charge in [-0.1, -0.05) is 64.4 Å². The molecule has 3 rings (SSSR count). The molecule has 0 radical (unpaired) electrons. The van der Waals surface area contributed by atoms with E-state index >= 15 is 0 Å². The third-order valence-electron chi connectivity index (χ3n) is 8.39. The molecule has 0 saturated heterocycles. The largest absolute Gasteiger partial charge is 0.370 e. The Morgan fingerprint density at radius 3 is 1.96 bits per heavy atom. The van der Waals surface area contributed by atoms with E-state index in [9.17, 15) is 24.0 Å². The maximum absolute atomic E-state index is 14.1. The van der Waals surface area contributed by atoms with Gasteiger partial charge in [-0.05, 0) is 41.5 Å². The fourth-order valence-corrected chi connectivity index (χ4v) is 7.32. The zero-order valence-electron chi connectivity index (χ0n) is 28.4. The molecule has 11 nitrogen and oxygen atoms in total. The van der Waals surface area contributed by atoms with Crippen molar-refractivity contribution in [3.8, 4) is 0 Å². The quantitative estimate of drug-likeness (QED) is 0.131. The van der Waals surface area contributed by atoms with E-state index in [1.165, 1.54) is 0 Å². The number of primary amides is 2. The summed E-state index contributed by atoms with van der Waals surface area (Å²) in [6.45, 7) is 7.65. The van der Waals surface area contributed by atoms with Gasteiger partial charge in [0.25, 0.3) is 0 Å². The van der Waals surface area contributed by atoms with Crippen LogP contribution in [-0.2, 0) is 48.3 Å². The van der Waals surface area contributed by atoms with E-state index < -0.39 is 35.3 Å². The zero-order chi connectivity index (χ0) is 35.3. The van der Waals surface area contributed by atoms with Crippen molar-refractivity contribution in [2.75, 3.05) is 11.5 Å². The van der Waals surface area contributed by atoms with E-state index in [2.05, 4.69) is 20.9 Å². The van der Waals surface area contributed by atoms with Crippen LogP contribution < -0.4 is 27.4 Å². The Morgan fingerprint density at radius 2 is 1.44 bits per heavy atom. The minimum atomic E-state index is -1.26. The number of benzene rings is 1. The number of thioether (sulfide) groups is 2. The van der Waals surface area contributed by atoms with Gasteiger partial charge in [0.15, 0.2) is 0 Å². The van der Waals surface area contributed by atoms with Gasteiger partial charge in [-0.2, -0.15) is 23.5 Å². The molecule has 0 aliphatic heterocycles. The molecule has 0 saturated carbocycles. The maximum atomic E-state index is 14.1. The standard InChI is InChI=1S/C35H50N6O5S2/c1-5-23(4)31(32(37)44)40-33(45)28(17-22(2)3)39-34(46)35(18-24-9-6-7-10-25(24)19-35)41-30(43)14-16-48-21-27-12-8-11-26(38-27)20-47-15-13-29(36)42/h6-12,22-23,28,31H,5,13-21H2,1-4H3,(H2,36,42)(H2,37,44)(H,39,46)(H,40,45)(H,41,43)/t23-,28-,31-/m0/s1. The molecule has 3 atom stereocenters. The third kappa shape index (κ3) is 11.8. The van der Waals surface area contributed by atoms with Gasteiger partial charge in [0.05, 0.1) is 11.4 Å². The Balaban J connectivity index is 1.65. The van der Waals surface area contributed by atoms with Crippen LogP contribution in [0.15, 0.2) is 42.5 Å². The number of nitrogens with two attached hydrogens (primary N) is 2. The summed E-state index contributed by atoms with van der Waals surface area (Å²) in [6.07, 6.45) is 2.12. The van der Waals surface area contributed by atoms with Crippen LogP contribution in [0, 0.1) is 11.8 Å². The van der Waals surface area contributed by atoms with Crippen LogP contribution in [0.2, 0.25) is 0 Å². The average Bonchev–Trinajstić information content (AvgIpc) is 3.42. The topological polar surface area (TPSA) is 186 Å². The first-order valence-corrected chi connectivity index (χ1v) is 18.8. The zero-order valence-corrected chi connectivity index (χ0v) is 30.0. The normalized spacial score (nSPS) is 15.2. The van der Waals surface area contributed by atoms with Gasteiger partial charge in [0, 0.05) is 48.7 Å². The molecule has 0 spiro atoms. The van der Waals surface area contributed by atoms with Gasteiger partial charge < -0.3 is 27.4 Å². The number of carbonyl (C=O) groups is 5. The van der Waals surface area contributed by atoms with Crippen molar-refractivity contribution in [1.82, 2.24) is 20.9 Å². The number of rotatable bonds is 20. The first-order chi connectivity index (χ1) is 22.8. The van der Waals surface area contributed by atoms with Crippen molar-refractivity contribution in [2.24, 2.45) is 23.3 Å². The molecular weight excluding hydrogens is 649 g/mol. The van der Waals surface area contributed by atoms with Crippen molar-refractivity contribution >= 4 is 53.1 Å². The molecule has 0 bridgehead atoms. The number of pyridine rings is 1. The number of nitrogens with zero attached hydrogens (tertiary/aromatic N) is 1. The summed E-state index contributed by atoms with van der Waals surface area (Å²) in [5, 5.41) is 8.75. The number of hydrogen-bond acceptors (Lipinski definition) is 8. The number of aromatic nitrogens is 1. The lowest BCUT2D eigenvalue weighted by atomic mass is 9.92. The van der Waals surface area contributed by atoms with Crippen molar-refractivity contribution < 1.29 is 24.0 Å². The fraction of sp³-hybridized carbons (Fsp3) is 0.543. The first-order valence-electron chi connectivity index (χ1n) is 16.5. The summed E-state index contributed by atoms with van der Waals surface area (Å²) in [5.41, 5.74) is 13.3. The van der Waals surface area contributed by atoms with Crippen LogP contribution in [0.4, 0.5) is 0 Å². The number of hydrogen-bond donors (Lipinski definition) is 5. The van der Waals surface area contributed by atoms with Gasteiger partial charge in [-0.15, -0.1) is 0 Å². The predicted molar refractivity (Wildman–Crippen MR) is 192 cm³/mol. The lowest BCUT2D eigenvalue weighted by molar-refractivity contribution is -0.136. The van der Waals surface area contributed by atoms with Crippen LogP contribution in [0.1, 0.15) is 75.9 Å². The predicted octanol–water partition coefficient (Wildman–Crippen LogP) is 3.01. The second-order valence-electron chi connectivity index (χ2n) is 12.9. The van der Waals surface area contributed by atoms with E-state index in [1.807, 2.05) is 70.2 Å². The third-order valence-corrected chi connectivity index (χ3v) is 10.4. The Kier molecular flexibility index (Phi) is 15.2. The molecule has 0 fully saturated rings. The number of nitrogens with one attached hydrogen (secondary N) is 3. The van der Waals surface area contributed by atoms with Crippen LogP contribution in [0.5, 0.6) is 0 Å². The molecule has 1 aromatic carbocycles. The minimum Gasteiger partial charge on any atom is -0.370 e. The molecule has 1 aromatic heterocycles. The van der Waals surface area contributed by atoms with E-state index in [4.69, 9.17) is 11.5 Å². The fourth-order valence-electron chi connectivity index (χ4n) is 5.61. The highest BCUT2D eigenvalue weighted by molar-refractivity contribution is 7.98. The summed E-state index contributed by atoms with van der Waals surface area (Å²) in [6, 6.07) is 11.8. The highest BCUT2D eigenvalue weighted by Gasteiger charge is 2.46. The van der Waals surface area contributed by atoms with Crippen molar-refractivity contribution in [3.05, 3.63) is 65.0 Å². The molecule has 48 heavy (non-hydrogen) atoms. The highest BCUT2D eigenvalue weighted by atomic mass is 32.2. The summed E-state index contributed by atoms with van der Waals surface area (Å²) in [4.78, 5) is 68.7. The second kappa shape index (κ2) is 18.8. The van der Waals surface area contributed by atoms with Crippen LogP contribution >= 0.6 is 23.5 Å². The summed E-state index contributed by atoms with van der Waals surface area (Å²) < 4.78 is 0. The average molecular weight is 699 g/mol. The van der Waals surface area contributed by atoms with E-state index in [0.29, 0.717) is 55.1 Å². The number of fused-ring (bicyclic) bond motifs is 1. The number of amides is 5. The Bertz CT molecular complexity index is 1410. The molecule has 1 heterocycles. The summed E-state index contributed by atoms with van der Waals surface area (Å²) in [5.74, 6) is 0.266. The maximum Gasteiger partial charge on any atom is 0.247 e. The Hall–Kier alpha value is -3.58. The van der Waals surface area contributed by atoms with E-state index in [0.717, 1.165) is 22.5 Å². The lowest BCUT2D eigenvalue weighted by Crippen LogP contribution is -2.63. The van der Waals surface area contributed by atoms with Crippen LogP contribution in [0.3, 0.4) is 0 Å². The molecule has 2 aromatic rings. The molecule has 1 aliphatic rings. The van der Waals surface area contributed by atoms with Gasteiger partial charge in [-0.25, -0.2) is 0 Å². The van der Waals surface area contributed by atoms with E-state index in [-0.39, 0.29) is 30.1 Å². The van der Waals surface area contributed by atoms with Gasteiger partial charge in [0.1, 0.15) is 17.6 Å². The molecule has 5 amide bonds. The lowest BCUT2D eigenvalue weighted by Gasteiger charge is -2.32. The molecule has 13 heteroatoms. The Labute approximate surface area is 292 Å². The smallest absolute Gasteiger partial charge is 0.247 e. The highest BCUT2D eigenvalue weighted by Crippen LogP contribution is 2.31. The number of carbonyl (C=O) groups excluding carboxylic acids is 5. The van der Waals surface area contributed by atoms with Gasteiger partial charge in [0.2, 0.25) is 29.5 Å². The van der Waals surface area contributed by atoms with E-state index in [1.54, 1.807) is 23.5 Å². The van der Waals surface area contributed by atoms with Crippen LogP contribution in [0.25, 0.3) is 0 Å². The minimum absolute atomic E-state index is 0.0655. The molecule has 0 unspecified atom stereocenters. The molecule has 1 aliphatic carbocycles. The molecular formula is C35H50N6O5S2. The van der Waals surface area contributed by atoms with Crippen molar-refractivity contribution in [3.63, 3.8) is 0 Å². The monoisotopic (exact) mass is 698 g/mol. The molecule has 262 valence electrons.